The van der Waals surface area contributed by atoms with Gasteiger partial charge in [0.25, 0.3) is 0 Å². The number of likely N-dealkylation sites (tertiary alicyclic amines) is 1. The molecule has 0 saturated carbocycles. The van der Waals surface area contributed by atoms with Gasteiger partial charge in [0.1, 0.15) is 12.2 Å². The van der Waals surface area contributed by atoms with E-state index in [1.807, 2.05) is 62.9 Å². The lowest BCUT2D eigenvalue weighted by atomic mass is 9.87. The second-order valence-corrected chi connectivity index (χ2v) is 10.2. The van der Waals surface area contributed by atoms with Crippen LogP contribution in [0, 0.1) is 11.8 Å². The van der Waals surface area contributed by atoms with Crippen molar-refractivity contribution >= 4 is 23.8 Å². The highest BCUT2D eigenvalue weighted by Crippen LogP contribution is 2.30. The van der Waals surface area contributed by atoms with Crippen LogP contribution in [0.1, 0.15) is 46.6 Å². The average Bonchev–Trinajstić information content (AvgIpc) is 2.63. The minimum Gasteiger partial charge on any atom is -0.461 e. The Labute approximate surface area is 173 Å². The van der Waals surface area contributed by atoms with Gasteiger partial charge in [-0.2, -0.15) is 11.8 Å². The van der Waals surface area contributed by atoms with Gasteiger partial charge in [0.05, 0.1) is 5.92 Å². The fourth-order valence-corrected chi connectivity index (χ4v) is 4.13. The quantitative estimate of drug-likeness (QED) is 0.637. The molecule has 1 aliphatic rings. The molecule has 1 saturated heterocycles. The van der Waals surface area contributed by atoms with E-state index in [4.69, 9.17) is 9.47 Å². The summed E-state index contributed by atoms with van der Waals surface area (Å²) in [6.45, 7) is 11.2. The second-order valence-electron chi connectivity index (χ2n) is 8.56. The van der Waals surface area contributed by atoms with Gasteiger partial charge in [-0.1, -0.05) is 44.2 Å². The molecule has 2 rings (SSSR count). The zero-order chi connectivity index (χ0) is 20.7. The van der Waals surface area contributed by atoms with Crippen LogP contribution < -0.4 is 0 Å². The molecule has 1 aromatic rings. The zero-order valence-electron chi connectivity index (χ0n) is 17.6. The minimum atomic E-state index is -0.523. The molecule has 5 nitrogen and oxygen atoms in total. The largest absolute Gasteiger partial charge is 0.461 e. The molecule has 156 valence electrons. The summed E-state index contributed by atoms with van der Waals surface area (Å²) in [4.78, 5) is 27.0. The summed E-state index contributed by atoms with van der Waals surface area (Å²) >= 11 is 1.81. The van der Waals surface area contributed by atoms with Crippen molar-refractivity contribution in [2.24, 2.45) is 11.8 Å². The summed E-state index contributed by atoms with van der Waals surface area (Å²) in [5.41, 5.74) is 0.459. The number of amides is 1. The fourth-order valence-electron chi connectivity index (χ4n) is 3.16. The van der Waals surface area contributed by atoms with Crippen LogP contribution in [0.25, 0.3) is 0 Å². The Morgan fingerprint density at radius 2 is 1.89 bits per heavy atom. The highest BCUT2D eigenvalue weighted by molar-refractivity contribution is 7.99. The van der Waals surface area contributed by atoms with E-state index >= 15 is 0 Å². The highest BCUT2D eigenvalue weighted by atomic mass is 32.2. The maximum Gasteiger partial charge on any atom is 0.410 e. The summed E-state index contributed by atoms with van der Waals surface area (Å²) in [6.07, 6.45) is 0.305. The number of carbonyl (C=O) groups excluding carboxylic acids is 2. The molecule has 0 N–H and O–H groups in total. The molecule has 1 aliphatic heterocycles. The van der Waals surface area contributed by atoms with Crippen molar-refractivity contribution in [1.29, 1.82) is 0 Å². The first kappa shape index (κ1) is 22.6. The van der Waals surface area contributed by atoms with Gasteiger partial charge in [-0.15, -0.1) is 0 Å². The van der Waals surface area contributed by atoms with Crippen LogP contribution in [0.4, 0.5) is 4.79 Å². The van der Waals surface area contributed by atoms with Crippen molar-refractivity contribution in [3.63, 3.8) is 0 Å². The summed E-state index contributed by atoms with van der Waals surface area (Å²) in [6, 6.07) is 9.71. The Morgan fingerprint density at radius 3 is 2.50 bits per heavy atom. The van der Waals surface area contributed by atoms with Crippen LogP contribution in [0.15, 0.2) is 30.3 Å². The third kappa shape index (κ3) is 7.38. The molecule has 1 fully saturated rings. The van der Waals surface area contributed by atoms with Crippen LogP contribution in [0.3, 0.4) is 0 Å². The molecule has 2 unspecified atom stereocenters. The molecule has 0 bridgehead atoms. The van der Waals surface area contributed by atoms with Gasteiger partial charge >= 0.3 is 12.1 Å². The lowest BCUT2D eigenvalue weighted by Gasteiger charge is -2.38. The Hall–Kier alpha value is -1.69. The summed E-state index contributed by atoms with van der Waals surface area (Å²) in [5, 5.41) is 0.470. The molecule has 1 amide bonds. The standard InChI is InChI=1S/C22H33NO4S/c1-16(2)28-15-18-13-23(21(25)27-22(3,4)5)12-11-19(18)20(24)26-14-17-9-7-6-8-10-17/h6-10,16,18-19H,11-15H2,1-5H3. The first-order valence-corrected chi connectivity index (χ1v) is 11.0. The van der Waals surface area contributed by atoms with Crippen molar-refractivity contribution < 1.29 is 19.1 Å². The van der Waals surface area contributed by atoms with E-state index in [1.165, 1.54) is 0 Å². The smallest absolute Gasteiger partial charge is 0.410 e. The zero-order valence-corrected chi connectivity index (χ0v) is 18.5. The third-order valence-electron chi connectivity index (χ3n) is 4.56. The Bertz CT molecular complexity index is 642. The topological polar surface area (TPSA) is 55.8 Å². The molecule has 1 heterocycles. The minimum absolute atomic E-state index is 0.0666. The van der Waals surface area contributed by atoms with Crippen molar-refractivity contribution in [3.8, 4) is 0 Å². The Morgan fingerprint density at radius 1 is 1.21 bits per heavy atom. The van der Waals surface area contributed by atoms with E-state index in [0.29, 0.717) is 24.8 Å². The number of nitrogens with zero attached hydrogens (tertiary/aromatic N) is 1. The van der Waals surface area contributed by atoms with Crippen molar-refractivity contribution in [3.05, 3.63) is 35.9 Å². The van der Waals surface area contributed by atoms with Crippen molar-refractivity contribution in [2.75, 3.05) is 18.8 Å². The first-order chi connectivity index (χ1) is 13.2. The maximum absolute atomic E-state index is 12.8. The van der Waals surface area contributed by atoms with Gasteiger partial charge in [0, 0.05) is 13.1 Å². The van der Waals surface area contributed by atoms with Crippen LogP contribution in [0.5, 0.6) is 0 Å². The SMILES string of the molecule is CC(C)SCC1CN(C(=O)OC(C)(C)C)CCC1C(=O)OCc1ccccc1. The van der Waals surface area contributed by atoms with Gasteiger partial charge in [-0.3, -0.25) is 4.79 Å². The van der Waals surface area contributed by atoms with Gasteiger partial charge in [-0.05, 0) is 49.7 Å². The van der Waals surface area contributed by atoms with Crippen LogP contribution in [-0.2, 0) is 20.9 Å². The van der Waals surface area contributed by atoms with E-state index in [1.54, 1.807) is 4.90 Å². The van der Waals surface area contributed by atoms with Gasteiger partial charge in [0.2, 0.25) is 0 Å². The van der Waals surface area contributed by atoms with Crippen LogP contribution in [0.2, 0.25) is 0 Å². The molecule has 2 atom stereocenters. The lowest BCUT2D eigenvalue weighted by molar-refractivity contribution is -0.153. The Kier molecular flexibility index (Phi) is 8.23. The number of piperidine rings is 1. The van der Waals surface area contributed by atoms with E-state index in [2.05, 4.69) is 13.8 Å². The Balaban J connectivity index is 1.99. The molecule has 0 aromatic heterocycles. The molecule has 0 radical (unpaired) electrons. The van der Waals surface area contributed by atoms with Crippen molar-refractivity contribution in [1.82, 2.24) is 4.90 Å². The number of hydrogen-bond donors (Lipinski definition) is 0. The fraction of sp³-hybridized carbons (Fsp3) is 0.636. The molecule has 6 heteroatoms. The predicted octanol–water partition coefficient (Wildman–Crippen LogP) is 4.74. The lowest BCUT2D eigenvalue weighted by Crippen LogP contribution is -2.48. The normalized spacial score (nSPS) is 20.1. The van der Waals surface area contributed by atoms with Gasteiger partial charge in [-0.25, -0.2) is 4.79 Å². The van der Waals surface area contributed by atoms with Crippen LogP contribution in [-0.4, -0.2) is 46.7 Å². The molecular weight excluding hydrogens is 374 g/mol. The van der Waals surface area contributed by atoms with E-state index in [9.17, 15) is 9.59 Å². The monoisotopic (exact) mass is 407 g/mol. The maximum atomic E-state index is 12.8. The highest BCUT2D eigenvalue weighted by Gasteiger charge is 2.38. The van der Waals surface area contributed by atoms with Crippen molar-refractivity contribution in [2.45, 2.75) is 58.5 Å². The average molecular weight is 408 g/mol. The summed E-state index contributed by atoms with van der Waals surface area (Å²) < 4.78 is 11.1. The van der Waals surface area contributed by atoms with E-state index in [-0.39, 0.29) is 30.5 Å². The number of benzene rings is 1. The summed E-state index contributed by atoms with van der Waals surface area (Å²) in [7, 11) is 0. The number of hydrogen-bond acceptors (Lipinski definition) is 5. The molecule has 1 aromatic carbocycles. The number of ether oxygens (including phenoxy) is 2. The number of rotatable bonds is 6. The third-order valence-corrected chi connectivity index (χ3v) is 5.84. The molecular formula is C22H33NO4S. The van der Waals surface area contributed by atoms with E-state index in [0.717, 1.165) is 11.3 Å². The molecule has 0 spiro atoms. The van der Waals surface area contributed by atoms with Crippen LogP contribution >= 0.6 is 11.8 Å². The summed E-state index contributed by atoms with van der Waals surface area (Å²) in [5.74, 6) is 0.537. The second kappa shape index (κ2) is 10.2. The van der Waals surface area contributed by atoms with E-state index < -0.39 is 5.60 Å². The van der Waals surface area contributed by atoms with Gasteiger partial charge in [0.15, 0.2) is 0 Å². The first-order valence-electron chi connectivity index (χ1n) is 9.96. The number of thioether (sulfide) groups is 1. The number of carbonyl (C=O) groups is 2. The molecule has 28 heavy (non-hydrogen) atoms. The van der Waals surface area contributed by atoms with Gasteiger partial charge < -0.3 is 14.4 Å². The predicted molar refractivity (Wildman–Crippen MR) is 113 cm³/mol. The molecule has 0 aliphatic carbocycles. The number of esters is 1.